The number of benzene rings is 2. The molecule has 3 amide bonds. The van der Waals surface area contributed by atoms with Gasteiger partial charge in [0.15, 0.2) is 11.8 Å². The maximum absolute atomic E-state index is 12.8. The second kappa shape index (κ2) is 12.2. The number of nitrogens with zero attached hydrogens (tertiary/aromatic N) is 1. The van der Waals surface area contributed by atoms with E-state index in [-0.39, 0.29) is 36.0 Å². The van der Waals surface area contributed by atoms with E-state index in [0.717, 1.165) is 23.1 Å². The Morgan fingerprint density at radius 1 is 1.08 bits per heavy atom. The number of carbonyl (C=O) groups is 4. The van der Waals surface area contributed by atoms with Gasteiger partial charge in [-0.2, -0.15) is 13.2 Å². The van der Waals surface area contributed by atoms with Crippen LogP contribution in [0.15, 0.2) is 60.8 Å². The summed E-state index contributed by atoms with van der Waals surface area (Å²) in [4.78, 5) is 49.2. The number of urea groups is 1. The summed E-state index contributed by atoms with van der Waals surface area (Å²) in [6, 6.07) is 7.95. The summed E-state index contributed by atoms with van der Waals surface area (Å²) in [6.45, 7) is 0. The molecule has 2 aromatic carbocycles. The number of hydrogen-bond donors (Lipinski definition) is 3. The third-order valence-electron chi connectivity index (χ3n) is 5.34. The van der Waals surface area contributed by atoms with Gasteiger partial charge in [-0.3, -0.25) is 14.4 Å². The second-order valence-corrected chi connectivity index (χ2v) is 7.99. The number of amides is 3. The zero-order valence-corrected chi connectivity index (χ0v) is 18.5. The molecule has 8 nitrogen and oxygen atoms in total. The predicted molar refractivity (Wildman–Crippen MR) is 125 cm³/mol. The Labute approximate surface area is 226 Å². The van der Waals surface area contributed by atoms with Crippen LogP contribution in [0.25, 0.3) is 0 Å². The Morgan fingerprint density at radius 3 is 2.36 bits per heavy atom. The first-order valence-corrected chi connectivity index (χ1v) is 10.5. The Morgan fingerprint density at radius 2 is 1.75 bits per heavy atom. The third kappa shape index (κ3) is 7.67. The number of ketones is 1. The molecule has 3 N–H and O–H groups in total. The number of carboxylic acid groups (broad SMARTS) is 1. The molecular weight excluding hydrogens is 490 g/mol. The third-order valence-corrected chi connectivity index (χ3v) is 5.34. The van der Waals surface area contributed by atoms with Crippen LogP contribution >= 0.6 is 0 Å². The molecule has 0 radical (unpaired) electrons. The standard InChI is InChI=1S/C24H22F3N3O5.Na.H/c1-30-10-9-19(31)21(22(30)34)29-23(35)28-18(13-20(32)33)16-4-2-3-15(12-16)11-14-5-7-17(8-6-14)24(25,26)27;;/h2-10,12,18,21H,11,13H2,1H3,(H,32,33)(H2,28,29,35);;/t18-,21?;;/m0../s1. The van der Waals surface area contributed by atoms with Gasteiger partial charge in [0.05, 0.1) is 18.0 Å². The van der Waals surface area contributed by atoms with Gasteiger partial charge in [-0.05, 0) is 35.2 Å². The quantitative estimate of drug-likeness (QED) is 0.389. The normalized spacial score (nSPS) is 16.2. The molecule has 186 valence electrons. The molecule has 1 aliphatic rings. The number of halogens is 3. The van der Waals surface area contributed by atoms with Crippen LogP contribution < -0.4 is 10.6 Å². The van der Waals surface area contributed by atoms with Crippen molar-refractivity contribution in [3.05, 3.63) is 83.1 Å². The van der Waals surface area contributed by atoms with Crippen LogP contribution in [0.4, 0.5) is 18.0 Å². The van der Waals surface area contributed by atoms with E-state index in [1.807, 2.05) is 0 Å². The molecule has 2 aromatic rings. The van der Waals surface area contributed by atoms with E-state index in [2.05, 4.69) is 10.6 Å². The summed E-state index contributed by atoms with van der Waals surface area (Å²) in [7, 11) is 1.42. The first-order chi connectivity index (χ1) is 16.4. The Kier molecular flexibility index (Phi) is 9.85. The summed E-state index contributed by atoms with van der Waals surface area (Å²) in [6.07, 6.45) is -2.22. The Hall–Kier alpha value is -3.15. The van der Waals surface area contributed by atoms with Gasteiger partial charge in [0, 0.05) is 19.3 Å². The first-order valence-electron chi connectivity index (χ1n) is 10.5. The number of hydrogen-bond acceptors (Lipinski definition) is 4. The minimum absolute atomic E-state index is 0. The number of carbonyl (C=O) groups excluding carboxylic acids is 3. The monoisotopic (exact) mass is 513 g/mol. The summed E-state index contributed by atoms with van der Waals surface area (Å²) in [5.74, 6) is -2.45. The van der Waals surface area contributed by atoms with Crippen molar-refractivity contribution in [3.63, 3.8) is 0 Å². The Balaban J connectivity index is 0.00000456. The van der Waals surface area contributed by atoms with Gasteiger partial charge in [0.2, 0.25) is 0 Å². The van der Waals surface area contributed by atoms with Gasteiger partial charge in [0.25, 0.3) is 5.91 Å². The van der Waals surface area contributed by atoms with Gasteiger partial charge >= 0.3 is 47.7 Å². The summed E-state index contributed by atoms with van der Waals surface area (Å²) < 4.78 is 38.3. The molecule has 3 rings (SSSR count). The van der Waals surface area contributed by atoms with Crippen molar-refractivity contribution < 1.29 is 37.5 Å². The number of rotatable bonds is 7. The Bertz CT molecular complexity index is 1170. The van der Waals surface area contributed by atoms with Crippen LogP contribution in [0.2, 0.25) is 0 Å². The molecular formula is C24H23F3N3NaO5. The zero-order valence-electron chi connectivity index (χ0n) is 18.5. The molecule has 12 heteroatoms. The minimum atomic E-state index is -4.44. The average molecular weight is 513 g/mol. The van der Waals surface area contributed by atoms with Crippen molar-refractivity contribution in [2.45, 2.75) is 31.1 Å². The van der Waals surface area contributed by atoms with E-state index < -0.39 is 53.9 Å². The van der Waals surface area contributed by atoms with Crippen LogP contribution in [0.5, 0.6) is 0 Å². The number of carboxylic acids is 1. The molecule has 0 aromatic heterocycles. The second-order valence-electron chi connectivity index (χ2n) is 7.99. The zero-order chi connectivity index (χ0) is 25.8. The molecule has 0 spiro atoms. The number of alkyl halides is 3. The van der Waals surface area contributed by atoms with Gasteiger partial charge in [-0.25, -0.2) is 4.79 Å². The fraction of sp³-hybridized carbons (Fsp3) is 0.250. The van der Waals surface area contributed by atoms with Gasteiger partial charge in [0.1, 0.15) is 0 Å². The van der Waals surface area contributed by atoms with Crippen molar-refractivity contribution in [1.29, 1.82) is 0 Å². The molecule has 0 bridgehead atoms. The van der Waals surface area contributed by atoms with E-state index in [4.69, 9.17) is 0 Å². The van der Waals surface area contributed by atoms with Gasteiger partial charge in [-0.15, -0.1) is 0 Å². The van der Waals surface area contributed by atoms with E-state index in [0.29, 0.717) is 16.7 Å². The molecule has 0 fully saturated rings. The summed E-state index contributed by atoms with van der Waals surface area (Å²) in [5, 5.41) is 14.1. The fourth-order valence-corrected chi connectivity index (χ4v) is 3.54. The summed E-state index contributed by atoms with van der Waals surface area (Å²) >= 11 is 0. The van der Waals surface area contributed by atoms with E-state index in [9.17, 15) is 37.5 Å². The molecule has 2 atom stereocenters. The predicted octanol–water partition coefficient (Wildman–Crippen LogP) is 2.39. The van der Waals surface area contributed by atoms with Crippen molar-refractivity contribution in [2.75, 3.05) is 7.05 Å². The molecule has 1 aliphatic heterocycles. The molecule has 1 heterocycles. The van der Waals surface area contributed by atoms with Crippen LogP contribution in [-0.2, 0) is 27.0 Å². The van der Waals surface area contributed by atoms with Crippen molar-refractivity contribution in [3.8, 4) is 0 Å². The first kappa shape index (κ1) is 29.1. The van der Waals surface area contributed by atoms with Gasteiger partial charge < -0.3 is 20.6 Å². The van der Waals surface area contributed by atoms with E-state index in [1.54, 1.807) is 24.3 Å². The molecule has 0 saturated carbocycles. The van der Waals surface area contributed by atoms with Gasteiger partial charge in [-0.1, -0.05) is 36.4 Å². The van der Waals surface area contributed by atoms with Crippen molar-refractivity contribution in [2.24, 2.45) is 0 Å². The van der Waals surface area contributed by atoms with Crippen LogP contribution in [-0.4, -0.2) is 76.3 Å². The number of nitrogens with one attached hydrogen (secondary N) is 2. The molecule has 1 unspecified atom stereocenters. The average Bonchev–Trinajstić information content (AvgIpc) is 2.78. The maximum atomic E-state index is 12.8. The summed E-state index contributed by atoms with van der Waals surface area (Å²) in [5.41, 5.74) is 0.972. The van der Waals surface area contributed by atoms with Crippen LogP contribution in [0, 0.1) is 0 Å². The molecule has 36 heavy (non-hydrogen) atoms. The number of aliphatic carboxylic acids is 1. The SMILES string of the molecule is CN1C=CC(=O)C(NC(=O)N[C@@H](CC(=O)O)c2cccc(Cc3ccc(C(F)(F)F)cc3)c2)C1=O.[NaH]. The van der Waals surface area contributed by atoms with E-state index >= 15 is 0 Å². The fourth-order valence-electron chi connectivity index (χ4n) is 3.54. The van der Waals surface area contributed by atoms with Crippen LogP contribution in [0.3, 0.4) is 0 Å². The van der Waals surface area contributed by atoms with Crippen molar-refractivity contribution >= 4 is 53.2 Å². The molecule has 0 saturated heterocycles. The van der Waals surface area contributed by atoms with Crippen LogP contribution in [0.1, 0.15) is 34.7 Å². The van der Waals surface area contributed by atoms with E-state index in [1.165, 1.54) is 25.4 Å². The number of likely N-dealkylation sites (N-methyl/N-ethyl adjacent to an activating group) is 1. The van der Waals surface area contributed by atoms with Crippen molar-refractivity contribution in [1.82, 2.24) is 15.5 Å². The molecule has 0 aliphatic carbocycles. The topological polar surface area (TPSA) is 116 Å².